The van der Waals surface area contributed by atoms with E-state index in [1.165, 1.54) is 6.33 Å². The largest absolute Gasteiger partial charge is 0.481 e. The third-order valence-corrected chi connectivity index (χ3v) is 4.69. The van der Waals surface area contributed by atoms with Crippen molar-refractivity contribution in [3.8, 4) is 5.69 Å². The van der Waals surface area contributed by atoms with Gasteiger partial charge in [0.25, 0.3) is 0 Å². The fourth-order valence-electron chi connectivity index (χ4n) is 2.93. The number of amides is 2. The first-order valence-corrected chi connectivity index (χ1v) is 8.13. The summed E-state index contributed by atoms with van der Waals surface area (Å²) in [5.41, 5.74) is 0.981. The Kier molecular flexibility index (Phi) is 4.43. The summed E-state index contributed by atoms with van der Waals surface area (Å²) in [6, 6.07) is 7.24. The highest BCUT2D eigenvalue weighted by Gasteiger charge is 2.42. The Hall–Kier alpha value is -2.90. The fourth-order valence-corrected chi connectivity index (χ4v) is 2.93. The first kappa shape index (κ1) is 16.9. The number of hydrogen-bond donors (Lipinski definition) is 2. The van der Waals surface area contributed by atoms with Gasteiger partial charge in [0.05, 0.1) is 17.1 Å². The molecule has 2 amide bonds. The number of carbonyl (C=O) groups excluding carboxylic acids is 1. The number of hydrogen-bond acceptors (Lipinski definition) is 4. The zero-order valence-electron chi connectivity index (χ0n) is 14.2. The topological polar surface area (TPSA) is 100 Å². The predicted molar refractivity (Wildman–Crippen MR) is 90.2 cm³/mol. The Bertz CT molecular complexity index is 759. The van der Waals surface area contributed by atoms with Gasteiger partial charge in [0.2, 0.25) is 0 Å². The van der Waals surface area contributed by atoms with Crippen LogP contribution in [0.2, 0.25) is 0 Å². The molecular weight excluding hydrogens is 322 g/mol. The highest BCUT2D eigenvalue weighted by atomic mass is 16.4. The molecular formula is C17H21N5O3. The number of nitrogens with one attached hydrogen (secondary N) is 1. The van der Waals surface area contributed by atoms with Gasteiger partial charge in [-0.3, -0.25) is 4.79 Å². The van der Waals surface area contributed by atoms with E-state index in [-0.39, 0.29) is 18.6 Å². The van der Waals surface area contributed by atoms with E-state index in [0.717, 1.165) is 11.3 Å². The summed E-state index contributed by atoms with van der Waals surface area (Å²) in [5, 5.41) is 16.3. The molecule has 0 spiro atoms. The number of likely N-dealkylation sites (tertiary alicyclic amines) is 1. The average Bonchev–Trinajstić information content (AvgIpc) is 3.25. The SMILES string of the molecule is CC(NC(=O)N1CCC(C)(C(=O)O)C1)c1ccc(-n2cncn2)cc1. The van der Waals surface area contributed by atoms with Crippen LogP contribution in [-0.2, 0) is 4.79 Å². The highest BCUT2D eigenvalue weighted by molar-refractivity contribution is 5.79. The van der Waals surface area contributed by atoms with Gasteiger partial charge in [-0.05, 0) is 38.0 Å². The molecule has 8 heteroatoms. The van der Waals surface area contributed by atoms with Crippen molar-refractivity contribution < 1.29 is 14.7 Å². The van der Waals surface area contributed by atoms with Gasteiger partial charge in [-0.15, -0.1) is 0 Å². The van der Waals surface area contributed by atoms with Gasteiger partial charge in [0.15, 0.2) is 0 Å². The van der Waals surface area contributed by atoms with E-state index in [9.17, 15) is 14.7 Å². The van der Waals surface area contributed by atoms with Crippen LogP contribution in [0.25, 0.3) is 5.69 Å². The maximum Gasteiger partial charge on any atom is 0.317 e. The van der Waals surface area contributed by atoms with Crippen molar-refractivity contribution in [1.82, 2.24) is 25.0 Å². The van der Waals surface area contributed by atoms with Gasteiger partial charge in [-0.2, -0.15) is 5.10 Å². The van der Waals surface area contributed by atoms with Crippen molar-refractivity contribution in [2.24, 2.45) is 5.41 Å². The molecule has 1 aromatic heterocycles. The van der Waals surface area contributed by atoms with Gasteiger partial charge >= 0.3 is 12.0 Å². The Morgan fingerprint density at radius 1 is 1.32 bits per heavy atom. The first-order chi connectivity index (χ1) is 11.9. The van der Waals surface area contributed by atoms with Crippen molar-refractivity contribution in [3.63, 3.8) is 0 Å². The van der Waals surface area contributed by atoms with E-state index in [1.54, 1.807) is 22.8 Å². The minimum absolute atomic E-state index is 0.186. The van der Waals surface area contributed by atoms with Crippen LogP contribution in [0.5, 0.6) is 0 Å². The number of nitrogens with zero attached hydrogens (tertiary/aromatic N) is 4. The van der Waals surface area contributed by atoms with E-state index in [4.69, 9.17) is 0 Å². The molecule has 25 heavy (non-hydrogen) atoms. The summed E-state index contributed by atoms with van der Waals surface area (Å²) in [5.74, 6) is -0.862. The summed E-state index contributed by atoms with van der Waals surface area (Å²) in [6.07, 6.45) is 3.56. The van der Waals surface area contributed by atoms with Gasteiger partial charge in [0, 0.05) is 13.1 Å². The van der Waals surface area contributed by atoms with Crippen LogP contribution in [0.4, 0.5) is 4.79 Å². The third-order valence-electron chi connectivity index (χ3n) is 4.69. The Balaban J connectivity index is 1.61. The quantitative estimate of drug-likeness (QED) is 0.882. The molecule has 3 rings (SSSR count). The van der Waals surface area contributed by atoms with E-state index in [1.807, 2.05) is 31.2 Å². The molecule has 8 nitrogen and oxygen atoms in total. The molecule has 2 heterocycles. The normalized spacial score (nSPS) is 21.1. The van der Waals surface area contributed by atoms with Gasteiger partial charge in [-0.1, -0.05) is 12.1 Å². The summed E-state index contributed by atoms with van der Waals surface area (Å²) >= 11 is 0. The van der Waals surface area contributed by atoms with Crippen LogP contribution >= 0.6 is 0 Å². The van der Waals surface area contributed by atoms with Crippen LogP contribution in [0.3, 0.4) is 0 Å². The van der Waals surface area contributed by atoms with E-state index < -0.39 is 11.4 Å². The predicted octanol–water partition coefficient (Wildman–Crippen LogP) is 1.83. The smallest absolute Gasteiger partial charge is 0.317 e. The lowest BCUT2D eigenvalue weighted by Gasteiger charge is -2.23. The number of carbonyl (C=O) groups is 2. The molecule has 0 saturated carbocycles. The van der Waals surface area contributed by atoms with Crippen LogP contribution in [0.1, 0.15) is 31.9 Å². The zero-order chi connectivity index (χ0) is 18.0. The number of aliphatic carboxylic acids is 1. The Morgan fingerprint density at radius 2 is 2.04 bits per heavy atom. The van der Waals surface area contributed by atoms with Crippen molar-refractivity contribution in [1.29, 1.82) is 0 Å². The van der Waals surface area contributed by atoms with Crippen LogP contribution < -0.4 is 5.32 Å². The van der Waals surface area contributed by atoms with Crippen LogP contribution in [0.15, 0.2) is 36.9 Å². The Morgan fingerprint density at radius 3 is 2.60 bits per heavy atom. The summed E-state index contributed by atoms with van der Waals surface area (Å²) < 4.78 is 1.66. The second-order valence-electron chi connectivity index (χ2n) is 6.64. The molecule has 1 aliphatic rings. The van der Waals surface area contributed by atoms with Crippen molar-refractivity contribution >= 4 is 12.0 Å². The molecule has 1 aromatic carbocycles. The minimum Gasteiger partial charge on any atom is -0.481 e. The number of aromatic nitrogens is 3. The number of urea groups is 1. The van der Waals surface area contributed by atoms with Crippen LogP contribution in [0, 0.1) is 5.41 Å². The number of benzene rings is 1. The summed E-state index contributed by atoms with van der Waals surface area (Å²) in [6.45, 7) is 4.25. The molecule has 2 aromatic rings. The molecule has 1 saturated heterocycles. The maximum atomic E-state index is 12.4. The maximum absolute atomic E-state index is 12.4. The number of rotatable bonds is 4. The standard InChI is InChI=1S/C17H21N5O3/c1-12(13-3-5-14(6-4-13)22-11-18-10-19-22)20-16(25)21-8-7-17(2,9-21)15(23)24/h3-6,10-12H,7-9H2,1-2H3,(H,20,25)(H,23,24). The van der Waals surface area contributed by atoms with Crippen molar-refractivity contribution in [2.45, 2.75) is 26.3 Å². The zero-order valence-corrected chi connectivity index (χ0v) is 14.2. The van der Waals surface area contributed by atoms with E-state index in [0.29, 0.717) is 13.0 Å². The summed E-state index contributed by atoms with van der Waals surface area (Å²) in [7, 11) is 0. The second-order valence-corrected chi connectivity index (χ2v) is 6.64. The van der Waals surface area contributed by atoms with Crippen molar-refractivity contribution in [2.75, 3.05) is 13.1 Å². The number of carboxylic acid groups (broad SMARTS) is 1. The lowest BCUT2D eigenvalue weighted by Crippen LogP contribution is -2.41. The number of carboxylic acids is 1. The van der Waals surface area contributed by atoms with Crippen molar-refractivity contribution in [3.05, 3.63) is 42.5 Å². The minimum atomic E-state index is -0.862. The van der Waals surface area contributed by atoms with E-state index in [2.05, 4.69) is 15.4 Å². The third kappa shape index (κ3) is 3.47. The van der Waals surface area contributed by atoms with E-state index >= 15 is 0 Å². The molecule has 0 radical (unpaired) electrons. The lowest BCUT2D eigenvalue weighted by atomic mass is 9.90. The van der Waals surface area contributed by atoms with Crippen LogP contribution in [-0.4, -0.2) is 49.9 Å². The molecule has 2 unspecified atom stereocenters. The molecule has 1 fully saturated rings. The molecule has 1 aliphatic heterocycles. The Labute approximate surface area is 145 Å². The molecule has 0 bridgehead atoms. The molecule has 0 aliphatic carbocycles. The highest BCUT2D eigenvalue weighted by Crippen LogP contribution is 2.30. The first-order valence-electron chi connectivity index (χ1n) is 8.13. The monoisotopic (exact) mass is 343 g/mol. The fraction of sp³-hybridized carbons (Fsp3) is 0.412. The second kappa shape index (κ2) is 6.54. The van der Waals surface area contributed by atoms with Gasteiger partial charge in [0.1, 0.15) is 12.7 Å². The van der Waals surface area contributed by atoms with Gasteiger partial charge in [-0.25, -0.2) is 14.5 Å². The summed E-state index contributed by atoms with van der Waals surface area (Å²) in [4.78, 5) is 29.2. The molecule has 132 valence electrons. The molecule has 2 N–H and O–H groups in total. The van der Waals surface area contributed by atoms with Gasteiger partial charge < -0.3 is 15.3 Å². The molecule has 2 atom stereocenters. The average molecular weight is 343 g/mol. The lowest BCUT2D eigenvalue weighted by molar-refractivity contribution is -0.147.